The first-order valence-electron chi connectivity index (χ1n) is 9.85. The molecule has 7 nitrogen and oxygen atoms in total. The van der Waals surface area contributed by atoms with Crippen molar-refractivity contribution in [2.75, 3.05) is 13.2 Å². The highest BCUT2D eigenvalue weighted by atomic mass is 16.5. The molecule has 3 N–H and O–H groups in total. The molecule has 31 heavy (non-hydrogen) atoms. The van der Waals surface area contributed by atoms with Crippen LogP contribution in [0.2, 0.25) is 0 Å². The minimum absolute atomic E-state index is 0.207. The van der Waals surface area contributed by atoms with E-state index in [9.17, 15) is 0 Å². The highest BCUT2D eigenvalue weighted by Gasteiger charge is 2.40. The number of hydrogen-bond donors (Lipinski definition) is 2. The molecule has 3 aromatic rings. The Kier molecular flexibility index (Phi) is 6.87. The second kappa shape index (κ2) is 9.75. The van der Waals surface area contributed by atoms with Crippen LogP contribution >= 0.6 is 0 Å². The average Bonchev–Trinajstić information content (AvgIpc) is 3.19. The molecule has 0 amide bonds. The van der Waals surface area contributed by atoms with E-state index in [1.54, 1.807) is 6.20 Å². The lowest BCUT2D eigenvalue weighted by Gasteiger charge is -2.26. The summed E-state index contributed by atoms with van der Waals surface area (Å²) in [5.74, 6) is 0.876. The van der Waals surface area contributed by atoms with Gasteiger partial charge in [-0.2, -0.15) is 0 Å². The molecule has 1 unspecified atom stereocenters. The Hall–Kier alpha value is -3.87. The van der Waals surface area contributed by atoms with Gasteiger partial charge in [0.2, 0.25) is 0 Å². The summed E-state index contributed by atoms with van der Waals surface area (Å²) in [7, 11) is 0. The van der Waals surface area contributed by atoms with Crippen LogP contribution in [0.15, 0.2) is 72.0 Å². The summed E-state index contributed by atoms with van der Waals surface area (Å²) in [4.78, 5) is 17.3. The molecule has 1 atom stereocenters. The maximum Gasteiger partial charge on any atom is 0.290 e. The van der Waals surface area contributed by atoms with Crippen LogP contribution in [0.5, 0.6) is 5.75 Å². The van der Waals surface area contributed by atoms with E-state index >= 15 is 0 Å². The number of carboxylic acid groups (broad SMARTS) is 1. The van der Waals surface area contributed by atoms with Crippen molar-refractivity contribution in [3.8, 4) is 16.9 Å². The van der Waals surface area contributed by atoms with Gasteiger partial charge in [0.25, 0.3) is 12.5 Å². The summed E-state index contributed by atoms with van der Waals surface area (Å²) < 4.78 is 11.3. The van der Waals surface area contributed by atoms with Crippen LogP contribution in [0.1, 0.15) is 23.6 Å². The number of benzene rings is 2. The van der Waals surface area contributed by atoms with E-state index in [0.29, 0.717) is 13.2 Å². The van der Waals surface area contributed by atoms with Gasteiger partial charge in [-0.25, -0.2) is 4.99 Å². The number of aromatic nitrogens is 1. The number of amidine groups is 1. The van der Waals surface area contributed by atoms with Crippen molar-refractivity contribution in [1.82, 2.24) is 4.98 Å². The Morgan fingerprint density at radius 3 is 2.52 bits per heavy atom. The van der Waals surface area contributed by atoms with Crippen molar-refractivity contribution >= 4 is 12.5 Å². The highest BCUT2D eigenvalue weighted by molar-refractivity contribution is 5.76. The molecule has 1 aliphatic heterocycles. The van der Waals surface area contributed by atoms with Gasteiger partial charge in [0, 0.05) is 12.4 Å². The SMILES string of the molecule is CCOc1ccc(C2(c3cccc(-c4cccnc4)c3)COC(N)=N2)cc1C.O=CO. The fourth-order valence-corrected chi connectivity index (χ4v) is 3.61. The van der Waals surface area contributed by atoms with Crippen molar-refractivity contribution in [1.29, 1.82) is 0 Å². The Labute approximate surface area is 181 Å². The third-order valence-electron chi connectivity index (χ3n) is 5.02. The summed E-state index contributed by atoms with van der Waals surface area (Å²) in [6.07, 6.45) is 3.63. The number of aryl methyl sites for hydroxylation is 1. The number of ether oxygens (including phenoxy) is 2. The van der Waals surface area contributed by atoms with E-state index < -0.39 is 5.54 Å². The molecule has 0 bridgehead atoms. The minimum Gasteiger partial charge on any atom is -0.494 e. The number of pyridine rings is 1. The zero-order chi connectivity index (χ0) is 22.3. The van der Waals surface area contributed by atoms with Gasteiger partial charge < -0.3 is 20.3 Å². The number of carbonyl (C=O) groups is 1. The summed E-state index contributed by atoms with van der Waals surface area (Å²) in [6, 6.07) is 18.6. The summed E-state index contributed by atoms with van der Waals surface area (Å²) >= 11 is 0. The molecule has 4 rings (SSSR count). The molecule has 0 saturated carbocycles. The van der Waals surface area contributed by atoms with E-state index in [0.717, 1.165) is 33.6 Å². The van der Waals surface area contributed by atoms with Crippen molar-refractivity contribution in [2.24, 2.45) is 10.7 Å². The molecule has 0 saturated heterocycles. The fraction of sp³-hybridized carbons (Fsp3) is 0.208. The number of hydrogen-bond acceptors (Lipinski definition) is 6. The molecule has 1 aliphatic rings. The number of nitrogens with two attached hydrogens (primary N) is 1. The van der Waals surface area contributed by atoms with Crippen molar-refractivity contribution in [3.63, 3.8) is 0 Å². The first-order chi connectivity index (χ1) is 15.0. The van der Waals surface area contributed by atoms with Gasteiger partial charge in [0.15, 0.2) is 5.54 Å². The van der Waals surface area contributed by atoms with Crippen LogP contribution in [0.4, 0.5) is 0 Å². The second-order valence-corrected chi connectivity index (χ2v) is 6.94. The van der Waals surface area contributed by atoms with E-state index in [2.05, 4.69) is 29.2 Å². The normalized spacial score (nSPS) is 17.0. The number of rotatable bonds is 5. The molecule has 0 aliphatic carbocycles. The molecule has 0 fully saturated rings. The predicted molar refractivity (Wildman–Crippen MR) is 119 cm³/mol. The quantitative estimate of drug-likeness (QED) is 0.610. The molecule has 0 spiro atoms. The van der Waals surface area contributed by atoms with Gasteiger partial charge in [0.1, 0.15) is 12.4 Å². The zero-order valence-corrected chi connectivity index (χ0v) is 17.5. The highest BCUT2D eigenvalue weighted by Crippen LogP contribution is 2.40. The van der Waals surface area contributed by atoms with Gasteiger partial charge in [-0.15, -0.1) is 0 Å². The Balaban J connectivity index is 0.000000858. The molecular weight excluding hydrogens is 394 g/mol. The van der Waals surface area contributed by atoms with Gasteiger partial charge in [-0.1, -0.05) is 30.3 Å². The molecule has 7 heteroatoms. The maximum absolute atomic E-state index is 8.36. The smallest absolute Gasteiger partial charge is 0.290 e. The third kappa shape index (κ3) is 4.66. The van der Waals surface area contributed by atoms with Crippen LogP contribution in [0.25, 0.3) is 11.1 Å². The van der Waals surface area contributed by atoms with E-state index in [4.69, 9.17) is 30.1 Å². The number of aliphatic imine (C=N–C) groups is 1. The van der Waals surface area contributed by atoms with Crippen molar-refractivity contribution < 1.29 is 19.4 Å². The fourth-order valence-electron chi connectivity index (χ4n) is 3.61. The second-order valence-electron chi connectivity index (χ2n) is 6.94. The van der Waals surface area contributed by atoms with Gasteiger partial charge >= 0.3 is 0 Å². The van der Waals surface area contributed by atoms with E-state index in [1.807, 2.05) is 50.4 Å². The monoisotopic (exact) mass is 419 g/mol. The lowest BCUT2D eigenvalue weighted by Crippen LogP contribution is -2.27. The predicted octanol–water partition coefficient (Wildman–Crippen LogP) is 3.75. The lowest BCUT2D eigenvalue weighted by atomic mass is 9.82. The van der Waals surface area contributed by atoms with Crippen molar-refractivity contribution in [2.45, 2.75) is 19.4 Å². The topological polar surface area (TPSA) is 107 Å². The average molecular weight is 419 g/mol. The molecule has 2 heterocycles. The largest absolute Gasteiger partial charge is 0.494 e. The van der Waals surface area contributed by atoms with Gasteiger partial charge in [-0.05, 0) is 65.9 Å². The van der Waals surface area contributed by atoms with Crippen LogP contribution in [-0.2, 0) is 15.1 Å². The third-order valence-corrected chi connectivity index (χ3v) is 5.02. The van der Waals surface area contributed by atoms with E-state index in [-0.39, 0.29) is 12.5 Å². The van der Waals surface area contributed by atoms with Gasteiger partial charge in [0.05, 0.1) is 6.61 Å². The molecular formula is C24H25N3O4. The first kappa shape index (κ1) is 21.8. The lowest BCUT2D eigenvalue weighted by molar-refractivity contribution is -0.122. The summed E-state index contributed by atoms with van der Waals surface area (Å²) in [5.41, 5.74) is 10.5. The molecule has 0 radical (unpaired) electrons. The van der Waals surface area contributed by atoms with Crippen LogP contribution < -0.4 is 10.5 Å². The standard InChI is InChI=1S/C23H23N3O2.CH2O2/c1-3-27-21-10-9-20(12-16(21)2)23(15-28-22(24)26-23)19-8-4-6-17(13-19)18-7-5-11-25-14-18;2-1-3/h4-14H,3,15H2,1-2H3,(H2,24,26);1H,(H,2,3). The maximum atomic E-state index is 8.36. The molecule has 2 aromatic carbocycles. The Morgan fingerprint density at radius 1 is 1.16 bits per heavy atom. The van der Waals surface area contributed by atoms with Crippen LogP contribution in [0.3, 0.4) is 0 Å². The molecule has 160 valence electrons. The summed E-state index contributed by atoms with van der Waals surface area (Å²) in [5, 5.41) is 6.89. The Bertz CT molecular complexity index is 1070. The summed E-state index contributed by atoms with van der Waals surface area (Å²) in [6.45, 7) is 4.77. The van der Waals surface area contributed by atoms with Crippen molar-refractivity contribution in [3.05, 3.63) is 83.7 Å². The zero-order valence-electron chi connectivity index (χ0n) is 17.5. The van der Waals surface area contributed by atoms with E-state index in [1.165, 1.54) is 0 Å². The van der Waals surface area contributed by atoms with Crippen LogP contribution in [0, 0.1) is 6.92 Å². The number of nitrogens with zero attached hydrogens (tertiary/aromatic N) is 2. The van der Waals surface area contributed by atoms with Gasteiger partial charge in [-0.3, -0.25) is 9.78 Å². The first-order valence-corrected chi connectivity index (χ1v) is 9.85. The Morgan fingerprint density at radius 2 is 1.90 bits per heavy atom. The minimum atomic E-state index is -0.683. The van der Waals surface area contributed by atoms with Crippen LogP contribution in [-0.4, -0.2) is 35.8 Å². The molecule has 1 aromatic heterocycles.